The molecule has 0 aliphatic carbocycles. The second kappa shape index (κ2) is 7.90. The average molecular weight is 262 g/mol. The first kappa shape index (κ1) is 15.7. The van der Waals surface area contributed by atoms with E-state index in [4.69, 9.17) is 18.0 Å². The zero-order valence-electron chi connectivity index (χ0n) is 10.3. The van der Waals surface area contributed by atoms with Gasteiger partial charge in [0.1, 0.15) is 0 Å². The summed E-state index contributed by atoms with van der Waals surface area (Å²) in [5.41, 5.74) is 5.03. The number of thiocarbonyl (C=S) groups is 1. The number of hydrogen-bond acceptors (Lipinski definition) is 3. The summed E-state index contributed by atoms with van der Waals surface area (Å²) in [5, 5.41) is 2.92. The van der Waals surface area contributed by atoms with Crippen molar-refractivity contribution < 1.29 is 4.79 Å². The number of hydrogen-bond donors (Lipinski definition) is 2. The van der Waals surface area contributed by atoms with Crippen molar-refractivity contribution in [2.24, 2.45) is 11.1 Å². The van der Waals surface area contributed by atoms with Gasteiger partial charge in [-0.3, -0.25) is 4.79 Å². The summed E-state index contributed by atoms with van der Waals surface area (Å²) in [6.07, 6.45) is 4.35. The van der Waals surface area contributed by atoms with Crippen molar-refractivity contribution >= 4 is 34.9 Å². The van der Waals surface area contributed by atoms with E-state index in [1.807, 2.05) is 13.8 Å². The Balaban J connectivity index is 4.34. The van der Waals surface area contributed by atoms with E-state index in [0.717, 1.165) is 12.2 Å². The molecule has 0 aliphatic heterocycles. The fourth-order valence-electron chi connectivity index (χ4n) is 1.62. The third-order valence-electron chi connectivity index (χ3n) is 2.92. The van der Waals surface area contributed by atoms with E-state index in [-0.39, 0.29) is 5.91 Å². The Kier molecular flexibility index (Phi) is 7.76. The maximum Gasteiger partial charge on any atom is 0.233 e. The molecule has 0 saturated carbocycles. The van der Waals surface area contributed by atoms with Crippen LogP contribution in [0.15, 0.2) is 0 Å². The fraction of sp³-hybridized carbons (Fsp3) is 0.818. The van der Waals surface area contributed by atoms with Crippen LogP contribution >= 0.6 is 24.0 Å². The molecule has 0 heterocycles. The third kappa shape index (κ3) is 3.94. The summed E-state index contributed by atoms with van der Waals surface area (Å²) in [5.74, 6) is 1.03. The smallest absolute Gasteiger partial charge is 0.233 e. The van der Waals surface area contributed by atoms with Crippen LogP contribution in [0.4, 0.5) is 0 Å². The van der Waals surface area contributed by atoms with Gasteiger partial charge in [0.25, 0.3) is 0 Å². The van der Waals surface area contributed by atoms with Crippen molar-refractivity contribution in [3.8, 4) is 0 Å². The molecular weight excluding hydrogens is 240 g/mol. The molecular formula is C11H22N2OS2. The molecule has 0 unspecified atom stereocenters. The van der Waals surface area contributed by atoms with Crippen LogP contribution < -0.4 is 11.1 Å². The second-order valence-electron chi connectivity index (χ2n) is 3.76. The van der Waals surface area contributed by atoms with Gasteiger partial charge < -0.3 is 11.1 Å². The lowest BCUT2D eigenvalue weighted by molar-refractivity contribution is -0.127. The highest BCUT2D eigenvalue weighted by Crippen LogP contribution is 2.27. The first-order valence-corrected chi connectivity index (χ1v) is 7.42. The highest BCUT2D eigenvalue weighted by molar-refractivity contribution is 7.98. The Labute approximate surface area is 108 Å². The molecule has 94 valence electrons. The van der Waals surface area contributed by atoms with Crippen LogP contribution in [0.5, 0.6) is 0 Å². The second-order valence-corrected chi connectivity index (χ2v) is 5.18. The number of thioether (sulfide) groups is 1. The van der Waals surface area contributed by atoms with Gasteiger partial charge in [-0.05, 0) is 31.3 Å². The first-order chi connectivity index (χ1) is 7.55. The van der Waals surface area contributed by atoms with Crippen LogP contribution in [0, 0.1) is 5.41 Å². The lowest BCUT2D eigenvalue weighted by Crippen LogP contribution is -2.48. The lowest BCUT2D eigenvalue weighted by Gasteiger charge is -2.28. The Morgan fingerprint density at radius 3 is 2.38 bits per heavy atom. The normalized spacial score (nSPS) is 11.2. The van der Waals surface area contributed by atoms with E-state index in [1.165, 1.54) is 0 Å². The van der Waals surface area contributed by atoms with E-state index >= 15 is 0 Å². The van der Waals surface area contributed by atoms with Crippen LogP contribution in [-0.4, -0.2) is 29.4 Å². The van der Waals surface area contributed by atoms with E-state index in [1.54, 1.807) is 11.8 Å². The monoisotopic (exact) mass is 262 g/mol. The third-order valence-corrected chi connectivity index (χ3v) is 4.01. The van der Waals surface area contributed by atoms with Crippen molar-refractivity contribution in [3.05, 3.63) is 0 Å². The molecule has 3 nitrogen and oxygen atoms in total. The molecule has 0 aromatic rings. The largest absolute Gasteiger partial charge is 0.392 e. The van der Waals surface area contributed by atoms with E-state index in [9.17, 15) is 4.79 Å². The molecule has 0 fully saturated rings. The van der Waals surface area contributed by atoms with Gasteiger partial charge >= 0.3 is 0 Å². The minimum atomic E-state index is -0.658. The molecule has 0 aromatic carbocycles. The first-order valence-electron chi connectivity index (χ1n) is 5.62. The summed E-state index contributed by atoms with van der Waals surface area (Å²) < 4.78 is 0. The quantitative estimate of drug-likeness (QED) is 0.518. The van der Waals surface area contributed by atoms with Crippen LogP contribution in [0.3, 0.4) is 0 Å². The van der Waals surface area contributed by atoms with Crippen molar-refractivity contribution in [1.29, 1.82) is 0 Å². The molecule has 0 radical (unpaired) electrons. The predicted molar refractivity (Wildman–Crippen MR) is 75.8 cm³/mol. The van der Waals surface area contributed by atoms with Crippen molar-refractivity contribution in [2.45, 2.75) is 33.1 Å². The Morgan fingerprint density at radius 1 is 1.44 bits per heavy atom. The molecule has 0 atom stereocenters. The molecule has 5 heteroatoms. The summed E-state index contributed by atoms with van der Waals surface area (Å²) in [7, 11) is 0. The topological polar surface area (TPSA) is 55.1 Å². The number of carbonyl (C=O) groups is 1. The SMILES string of the molecule is CCC(CC)(C(=O)NCCCSC)C(N)=S. The molecule has 0 saturated heterocycles. The van der Waals surface area contributed by atoms with E-state index in [0.29, 0.717) is 24.4 Å². The molecule has 0 aromatic heterocycles. The minimum absolute atomic E-state index is 0.0221. The molecule has 0 bridgehead atoms. The van der Waals surface area contributed by atoms with Gasteiger partial charge in [-0.25, -0.2) is 0 Å². The zero-order valence-corrected chi connectivity index (χ0v) is 12.0. The van der Waals surface area contributed by atoms with Gasteiger partial charge in [0, 0.05) is 6.54 Å². The number of amides is 1. The lowest BCUT2D eigenvalue weighted by atomic mass is 9.81. The van der Waals surface area contributed by atoms with Gasteiger partial charge in [0.15, 0.2) is 0 Å². The molecule has 16 heavy (non-hydrogen) atoms. The maximum absolute atomic E-state index is 12.0. The number of nitrogens with one attached hydrogen (secondary N) is 1. The van der Waals surface area contributed by atoms with E-state index in [2.05, 4.69) is 11.6 Å². The van der Waals surface area contributed by atoms with Crippen molar-refractivity contribution in [3.63, 3.8) is 0 Å². The van der Waals surface area contributed by atoms with Gasteiger partial charge in [-0.15, -0.1) is 0 Å². The number of nitrogens with two attached hydrogens (primary N) is 1. The number of carbonyl (C=O) groups excluding carboxylic acids is 1. The van der Waals surface area contributed by atoms with Gasteiger partial charge in [-0.1, -0.05) is 26.1 Å². The fourth-order valence-corrected chi connectivity index (χ4v) is 2.43. The van der Waals surface area contributed by atoms with Gasteiger partial charge in [0.2, 0.25) is 5.91 Å². The van der Waals surface area contributed by atoms with E-state index < -0.39 is 5.41 Å². The Morgan fingerprint density at radius 2 is 2.00 bits per heavy atom. The van der Waals surface area contributed by atoms with Crippen LogP contribution in [0.25, 0.3) is 0 Å². The molecule has 1 amide bonds. The zero-order chi connectivity index (χ0) is 12.6. The Hall–Kier alpha value is -0.290. The van der Waals surface area contributed by atoms with Crippen LogP contribution in [-0.2, 0) is 4.79 Å². The van der Waals surface area contributed by atoms with Crippen LogP contribution in [0.1, 0.15) is 33.1 Å². The summed E-state index contributed by atoms with van der Waals surface area (Å²) in [6, 6.07) is 0. The molecule has 0 rings (SSSR count). The highest BCUT2D eigenvalue weighted by atomic mass is 32.2. The highest BCUT2D eigenvalue weighted by Gasteiger charge is 2.37. The molecule has 0 aliphatic rings. The predicted octanol–water partition coefficient (Wildman–Crippen LogP) is 1.95. The maximum atomic E-state index is 12.0. The molecule has 3 N–H and O–H groups in total. The van der Waals surface area contributed by atoms with Crippen molar-refractivity contribution in [1.82, 2.24) is 5.32 Å². The molecule has 0 spiro atoms. The number of rotatable bonds is 8. The van der Waals surface area contributed by atoms with Crippen molar-refractivity contribution in [2.75, 3.05) is 18.6 Å². The average Bonchev–Trinajstić information content (AvgIpc) is 2.26. The van der Waals surface area contributed by atoms with Crippen LogP contribution in [0.2, 0.25) is 0 Å². The Bertz CT molecular complexity index is 240. The van der Waals surface area contributed by atoms with Gasteiger partial charge in [-0.2, -0.15) is 11.8 Å². The minimum Gasteiger partial charge on any atom is -0.392 e. The summed E-state index contributed by atoms with van der Waals surface area (Å²) in [4.78, 5) is 12.4. The summed E-state index contributed by atoms with van der Waals surface area (Å²) >= 11 is 6.80. The van der Waals surface area contributed by atoms with Gasteiger partial charge in [0.05, 0.1) is 10.4 Å². The summed E-state index contributed by atoms with van der Waals surface area (Å²) in [6.45, 7) is 4.60. The standard InChI is InChI=1S/C11H22N2OS2/c1-4-11(5-2,9(12)15)10(14)13-7-6-8-16-3/h4-8H2,1-3H3,(H2,12,15)(H,13,14).